The van der Waals surface area contributed by atoms with Gasteiger partial charge in [0, 0.05) is 88.0 Å². The van der Waals surface area contributed by atoms with Crippen molar-refractivity contribution in [2.24, 2.45) is 13.0 Å². The van der Waals surface area contributed by atoms with Crippen molar-refractivity contribution < 1.29 is 19.2 Å². The predicted octanol–water partition coefficient (Wildman–Crippen LogP) is 3.38. The Morgan fingerprint density at radius 1 is 1.19 bits per heavy atom. The Labute approximate surface area is 211 Å². The van der Waals surface area contributed by atoms with Crippen LogP contribution in [0.2, 0.25) is 0 Å². The maximum atomic E-state index is 12.4. The van der Waals surface area contributed by atoms with Gasteiger partial charge in [-0.2, -0.15) is 5.10 Å². The van der Waals surface area contributed by atoms with Gasteiger partial charge in [0.2, 0.25) is 0 Å². The molecule has 11 nitrogen and oxygen atoms in total. The maximum absolute atomic E-state index is 12.4. The van der Waals surface area contributed by atoms with Gasteiger partial charge in [-0.25, -0.2) is 4.79 Å². The highest BCUT2D eigenvalue weighted by Gasteiger charge is 2.32. The van der Waals surface area contributed by atoms with Crippen molar-refractivity contribution in [3.05, 3.63) is 34.6 Å². The lowest BCUT2D eigenvalue weighted by Crippen LogP contribution is -2.48. The molecule has 0 bridgehead atoms. The molecular weight excluding hydrogens is 464 g/mol. The smallest absolute Gasteiger partial charge is 0.410 e. The molecule has 0 N–H and O–H groups in total. The van der Waals surface area contributed by atoms with Crippen LogP contribution in [0.15, 0.2) is 24.5 Å². The van der Waals surface area contributed by atoms with Crippen LogP contribution in [0.4, 0.5) is 16.2 Å². The van der Waals surface area contributed by atoms with Crippen molar-refractivity contribution in [2.45, 2.75) is 32.8 Å². The number of piperazine rings is 1. The first kappa shape index (κ1) is 25.7. The number of carbonyl (C=O) groups is 1. The first-order chi connectivity index (χ1) is 17.0. The van der Waals surface area contributed by atoms with Crippen LogP contribution >= 0.6 is 0 Å². The molecule has 2 aliphatic heterocycles. The van der Waals surface area contributed by atoms with Crippen LogP contribution < -0.4 is 9.64 Å². The number of methoxy groups -OCH3 is 1. The third-order valence-corrected chi connectivity index (χ3v) is 6.68. The van der Waals surface area contributed by atoms with Crippen molar-refractivity contribution in [1.29, 1.82) is 0 Å². The summed E-state index contributed by atoms with van der Waals surface area (Å²) >= 11 is 0. The highest BCUT2D eigenvalue weighted by molar-refractivity contribution is 5.82. The Hall–Kier alpha value is -3.34. The van der Waals surface area contributed by atoms with E-state index >= 15 is 0 Å². The van der Waals surface area contributed by atoms with E-state index in [2.05, 4.69) is 14.9 Å². The summed E-state index contributed by atoms with van der Waals surface area (Å²) in [5.74, 6) is 0.674. The fraction of sp³-hybridized carbons (Fsp3) is 0.600. The van der Waals surface area contributed by atoms with Gasteiger partial charge in [0.15, 0.2) is 5.75 Å². The number of carbonyl (C=O) groups excluding carboxylic acids is 1. The lowest BCUT2D eigenvalue weighted by atomic mass is 10.0. The Bertz CT molecular complexity index is 1100. The second-order valence-corrected chi connectivity index (χ2v) is 10.6. The van der Waals surface area contributed by atoms with Gasteiger partial charge < -0.3 is 19.3 Å². The second kappa shape index (κ2) is 10.3. The summed E-state index contributed by atoms with van der Waals surface area (Å²) in [6.07, 6.45) is 4.33. The lowest BCUT2D eigenvalue weighted by Gasteiger charge is -2.38. The number of nitro groups is 1. The highest BCUT2D eigenvalue weighted by atomic mass is 16.6. The molecule has 1 amide bonds. The molecule has 2 saturated heterocycles. The molecular formula is C25H36N6O5. The minimum Gasteiger partial charge on any atom is -0.490 e. The average molecular weight is 501 g/mol. The van der Waals surface area contributed by atoms with Gasteiger partial charge in [0.05, 0.1) is 18.2 Å². The molecule has 0 unspecified atom stereocenters. The molecule has 196 valence electrons. The Morgan fingerprint density at radius 2 is 1.92 bits per heavy atom. The van der Waals surface area contributed by atoms with Crippen molar-refractivity contribution in [3.63, 3.8) is 0 Å². The highest BCUT2D eigenvalue weighted by Crippen LogP contribution is 2.40. The van der Waals surface area contributed by atoms with Gasteiger partial charge in [0.1, 0.15) is 5.60 Å². The third-order valence-electron chi connectivity index (χ3n) is 6.68. The second-order valence-electron chi connectivity index (χ2n) is 10.6. The topological polar surface area (TPSA) is 106 Å². The van der Waals surface area contributed by atoms with E-state index in [1.54, 1.807) is 23.0 Å². The molecule has 36 heavy (non-hydrogen) atoms. The lowest BCUT2D eigenvalue weighted by molar-refractivity contribution is -0.385. The number of aromatic nitrogens is 2. The number of ether oxygens (including phenoxy) is 2. The van der Waals surface area contributed by atoms with Gasteiger partial charge in [-0.3, -0.25) is 19.7 Å². The van der Waals surface area contributed by atoms with E-state index in [1.165, 1.54) is 7.11 Å². The monoisotopic (exact) mass is 500 g/mol. The van der Waals surface area contributed by atoms with Gasteiger partial charge in [0.25, 0.3) is 0 Å². The zero-order chi connectivity index (χ0) is 26.0. The molecule has 4 rings (SSSR count). The van der Waals surface area contributed by atoms with Gasteiger partial charge >= 0.3 is 11.8 Å². The molecule has 1 aromatic heterocycles. The number of nitrogens with zero attached hydrogens (tertiary/aromatic N) is 6. The van der Waals surface area contributed by atoms with Crippen LogP contribution in [0.1, 0.15) is 27.2 Å². The van der Waals surface area contributed by atoms with E-state index in [9.17, 15) is 14.9 Å². The minimum atomic E-state index is -0.485. The average Bonchev–Trinajstić information content (AvgIpc) is 3.47. The van der Waals surface area contributed by atoms with Crippen LogP contribution in [0.3, 0.4) is 0 Å². The number of anilines is 1. The summed E-state index contributed by atoms with van der Waals surface area (Å²) in [6, 6.07) is 3.35. The van der Waals surface area contributed by atoms with Crippen LogP contribution in [0.5, 0.6) is 5.75 Å². The molecule has 3 heterocycles. The van der Waals surface area contributed by atoms with Crippen molar-refractivity contribution >= 4 is 17.5 Å². The summed E-state index contributed by atoms with van der Waals surface area (Å²) in [4.78, 5) is 30.1. The minimum absolute atomic E-state index is 0.0606. The fourth-order valence-corrected chi connectivity index (χ4v) is 4.93. The van der Waals surface area contributed by atoms with Crippen LogP contribution in [0.25, 0.3) is 11.1 Å². The van der Waals surface area contributed by atoms with Gasteiger partial charge in [-0.1, -0.05) is 0 Å². The van der Waals surface area contributed by atoms with Crippen LogP contribution in [0, 0.1) is 16.0 Å². The number of benzene rings is 1. The zero-order valence-electron chi connectivity index (χ0n) is 21.8. The van der Waals surface area contributed by atoms with Gasteiger partial charge in [-0.05, 0) is 33.1 Å². The summed E-state index contributed by atoms with van der Waals surface area (Å²) in [5.41, 5.74) is 1.96. The Kier molecular flexibility index (Phi) is 7.39. The van der Waals surface area contributed by atoms with E-state index in [0.717, 1.165) is 69.0 Å². The molecule has 1 atom stereocenters. The molecule has 0 aliphatic carbocycles. The van der Waals surface area contributed by atoms with E-state index in [1.807, 2.05) is 38.9 Å². The van der Waals surface area contributed by atoms with Crippen molar-refractivity contribution in [3.8, 4) is 16.9 Å². The van der Waals surface area contributed by atoms with Crippen molar-refractivity contribution in [1.82, 2.24) is 19.6 Å². The summed E-state index contributed by atoms with van der Waals surface area (Å²) in [5, 5.41) is 15.9. The number of aryl methyl sites for hydroxylation is 1. The summed E-state index contributed by atoms with van der Waals surface area (Å²) < 4.78 is 12.6. The maximum Gasteiger partial charge on any atom is 0.410 e. The molecule has 2 aliphatic rings. The molecule has 2 aromatic rings. The van der Waals surface area contributed by atoms with E-state index < -0.39 is 10.5 Å². The standard InChI is InChI=1S/C25H36N6O5/c1-25(2,3)36-24(32)30-7-6-18(16-30)15-28-8-10-29(11-9-28)21-13-23(35-5)22(31(33)34)12-20(21)19-14-26-27(4)17-19/h12-14,17-18H,6-11,15-16H2,1-5H3/t18-/m1/s1. The quantitative estimate of drug-likeness (QED) is 0.439. The Balaban J connectivity index is 1.42. The molecule has 0 spiro atoms. The number of rotatable bonds is 6. The Morgan fingerprint density at radius 3 is 2.50 bits per heavy atom. The number of amides is 1. The predicted molar refractivity (Wildman–Crippen MR) is 136 cm³/mol. The number of likely N-dealkylation sites (tertiary alicyclic amines) is 1. The first-order valence-corrected chi connectivity index (χ1v) is 12.3. The third kappa shape index (κ3) is 5.89. The van der Waals surface area contributed by atoms with E-state index in [0.29, 0.717) is 5.92 Å². The molecule has 0 radical (unpaired) electrons. The molecule has 11 heteroatoms. The van der Waals surface area contributed by atoms with Crippen LogP contribution in [-0.2, 0) is 11.8 Å². The first-order valence-electron chi connectivity index (χ1n) is 12.3. The largest absolute Gasteiger partial charge is 0.490 e. The molecule has 0 saturated carbocycles. The normalized spacial score (nSPS) is 19.0. The number of nitro benzene ring substituents is 1. The van der Waals surface area contributed by atoms with Crippen LogP contribution in [-0.4, -0.2) is 89.1 Å². The van der Waals surface area contributed by atoms with E-state index in [4.69, 9.17) is 9.47 Å². The summed E-state index contributed by atoms with van der Waals surface area (Å²) in [6.45, 7) is 11.4. The summed E-state index contributed by atoms with van der Waals surface area (Å²) in [7, 11) is 3.28. The molecule has 1 aromatic carbocycles. The number of hydrogen-bond acceptors (Lipinski definition) is 8. The van der Waals surface area contributed by atoms with E-state index in [-0.39, 0.29) is 17.5 Å². The molecule has 2 fully saturated rings. The van der Waals surface area contributed by atoms with Gasteiger partial charge in [-0.15, -0.1) is 0 Å². The number of hydrogen-bond donors (Lipinski definition) is 0. The SMILES string of the molecule is COc1cc(N2CCN(C[C@H]3CCN(C(=O)OC(C)(C)C)C3)CC2)c(-c2cnn(C)c2)cc1[N+](=O)[O-]. The zero-order valence-corrected chi connectivity index (χ0v) is 21.8. The fourth-order valence-electron chi connectivity index (χ4n) is 4.93. The van der Waals surface area contributed by atoms with Crippen molar-refractivity contribution in [2.75, 3.05) is 57.8 Å².